The molecule has 0 atom stereocenters. The minimum absolute atomic E-state index is 1.10. The van der Waals surface area contributed by atoms with Gasteiger partial charge in [-0.25, -0.2) is 4.98 Å². The second kappa shape index (κ2) is 4.44. The highest BCUT2D eigenvalue weighted by Crippen LogP contribution is 2.11. The first-order valence-corrected chi connectivity index (χ1v) is 5.16. The Labute approximate surface area is 72.0 Å². The van der Waals surface area contributed by atoms with Crippen LogP contribution in [0.4, 0.5) is 0 Å². The van der Waals surface area contributed by atoms with Gasteiger partial charge in [-0.15, -0.1) is 0 Å². The molecule has 11 heavy (non-hydrogen) atoms. The van der Waals surface area contributed by atoms with Crippen LogP contribution in [0.15, 0.2) is 17.6 Å². The van der Waals surface area contributed by atoms with Crippen LogP contribution in [0.3, 0.4) is 0 Å². The number of hydrogen-bond donors (Lipinski definition) is 0. The third kappa shape index (κ3) is 2.26. The molecule has 0 aliphatic carbocycles. The summed E-state index contributed by atoms with van der Waals surface area (Å²) in [4.78, 5) is 4.21. The van der Waals surface area contributed by atoms with Gasteiger partial charge >= 0.3 is 0 Å². The van der Waals surface area contributed by atoms with E-state index in [4.69, 9.17) is 0 Å². The summed E-state index contributed by atoms with van der Waals surface area (Å²) >= 11 is 1.70. The van der Waals surface area contributed by atoms with Crippen LogP contribution in [0, 0.1) is 0 Å². The van der Waals surface area contributed by atoms with Crippen molar-refractivity contribution < 1.29 is 0 Å². The fraction of sp³-hybridized carbons (Fsp3) is 0.625. The van der Waals surface area contributed by atoms with Crippen LogP contribution in [0.2, 0.25) is 0 Å². The molecule has 2 nitrogen and oxygen atoms in total. The standard InChI is InChI=1S/C8H14N2S/c1-3-4-6-10-7-5-9-8(10)11-2/h5,7H,3-4,6H2,1-2H3. The van der Waals surface area contributed by atoms with Gasteiger partial charge in [0.25, 0.3) is 0 Å². The fourth-order valence-corrected chi connectivity index (χ4v) is 1.54. The fourth-order valence-electron chi connectivity index (χ4n) is 0.984. The van der Waals surface area contributed by atoms with E-state index in [-0.39, 0.29) is 0 Å². The van der Waals surface area contributed by atoms with Crippen molar-refractivity contribution in [1.82, 2.24) is 9.55 Å². The molecule has 0 aromatic carbocycles. The third-order valence-electron chi connectivity index (χ3n) is 1.61. The SMILES string of the molecule is CCCCn1ccnc1SC. The van der Waals surface area contributed by atoms with Gasteiger partial charge in [0, 0.05) is 18.9 Å². The molecular formula is C8H14N2S. The van der Waals surface area contributed by atoms with E-state index in [9.17, 15) is 0 Å². The summed E-state index contributed by atoms with van der Waals surface area (Å²) in [5.74, 6) is 0. The Balaban J connectivity index is 2.54. The normalized spacial score (nSPS) is 10.4. The lowest BCUT2D eigenvalue weighted by atomic mass is 10.3. The van der Waals surface area contributed by atoms with Crippen molar-refractivity contribution in [3.05, 3.63) is 12.4 Å². The van der Waals surface area contributed by atoms with Crippen molar-refractivity contribution in [1.29, 1.82) is 0 Å². The highest BCUT2D eigenvalue weighted by Gasteiger charge is 1.97. The molecule has 0 aliphatic rings. The molecule has 1 heterocycles. The number of imidazole rings is 1. The maximum atomic E-state index is 4.21. The Morgan fingerprint density at radius 1 is 1.64 bits per heavy atom. The molecule has 0 fully saturated rings. The van der Waals surface area contributed by atoms with Crippen molar-refractivity contribution in [2.24, 2.45) is 0 Å². The first kappa shape index (κ1) is 8.65. The van der Waals surface area contributed by atoms with Gasteiger partial charge in [0.05, 0.1) is 0 Å². The molecule has 62 valence electrons. The van der Waals surface area contributed by atoms with E-state index in [1.165, 1.54) is 12.8 Å². The predicted octanol–water partition coefficient (Wildman–Crippen LogP) is 2.41. The molecule has 1 rings (SSSR count). The van der Waals surface area contributed by atoms with Crippen LogP contribution in [0.25, 0.3) is 0 Å². The van der Waals surface area contributed by atoms with Gasteiger partial charge in [-0.1, -0.05) is 25.1 Å². The molecule has 0 amide bonds. The molecule has 3 heteroatoms. The molecule has 1 aromatic rings. The van der Waals surface area contributed by atoms with Gasteiger partial charge in [-0.2, -0.15) is 0 Å². The van der Waals surface area contributed by atoms with E-state index >= 15 is 0 Å². The lowest BCUT2D eigenvalue weighted by molar-refractivity contribution is 0.587. The summed E-state index contributed by atoms with van der Waals surface area (Å²) in [5.41, 5.74) is 0. The Bertz CT molecular complexity index is 208. The first-order valence-electron chi connectivity index (χ1n) is 3.93. The quantitative estimate of drug-likeness (QED) is 0.646. The van der Waals surface area contributed by atoms with Gasteiger partial charge in [-0.3, -0.25) is 0 Å². The van der Waals surface area contributed by atoms with Crippen LogP contribution in [0.5, 0.6) is 0 Å². The van der Waals surface area contributed by atoms with Crippen LogP contribution < -0.4 is 0 Å². The highest BCUT2D eigenvalue weighted by molar-refractivity contribution is 7.98. The van der Waals surface area contributed by atoms with Crippen molar-refractivity contribution in [2.75, 3.05) is 6.26 Å². The van der Waals surface area contributed by atoms with E-state index in [1.807, 2.05) is 12.4 Å². The number of aryl methyl sites for hydroxylation is 1. The zero-order chi connectivity index (χ0) is 8.10. The summed E-state index contributed by atoms with van der Waals surface area (Å²) < 4.78 is 2.20. The topological polar surface area (TPSA) is 17.8 Å². The van der Waals surface area contributed by atoms with Crippen LogP contribution >= 0.6 is 11.8 Å². The van der Waals surface area contributed by atoms with Crippen LogP contribution in [-0.2, 0) is 6.54 Å². The Morgan fingerprint density at radius 3 is 3.09 bits per heavy atom. The van der Waals surface area contributed by atoms with Gasteiger partial charge in [-0.05, 0) is 12.7 Å². The first-order chi connectivity index (χ1) is 5.38. The Morgan fingerprint density at radius 2 is 2.45 bits per heavy atom. The molecule has 0 saturated heterocycles. The van der Waals surface area contributed by atoms with E-state index in [0.717, 1.165) is 11.7 Å². The van der Waals surface area contributed by atoms with Crippen LogP contribution in [0.1, 0.15) is 19.8 Å². The summed E-state index contributed by atoms with van der Waals surface area (Å²) in [6.07, 6.45) is 8.45. The number of aromatic nitrogens is 2. The highest BCUT2D eigenvalue weighted by atomic mass is 32.2. The monoisotopic (exact) mass is 170 g/mol. The summed E-state index contributed by atoms with van der Waals surface area (Å²) in [6, 6.07) is 0. The number of nitrogens with zero attached hydrogens (tertiary/aromatic N) is 2. The van der Waals surface area contributed by atoms with Gasteiger partial charge in [0.1, 0.15) is 0 Å². The van der Waals surface area contributed by atoms with Crippen molar-refractivity contribution in [3.8, 4) is 0 Å². The smallest absolute Gasteiger partial charge is 0.167 e. The Kier molecular flexibility index (Phi) is 3.49. The number of hydrogen-bond acceptors (Lipinski definition) is 2. The molecule has 0 radical (unpaired) electrons. The lowest BCUT2D eigenvalue weighted by Gasteiger charge is -2.02. The zero-order valence-electron chi connectivity index (χ0n) is 7.08. The summed E-state index contributed by atoms with van der Waals surface area (Å²) in [5, 5.41) is 1.12. The third-order valence-corrected chi connectivity index (χ3v) is 2.32. The second-order valence-electron chi connectivity index (χ2n) is 2.46. The average molecular weight is 170 g/mol. The van der Waals surface area contributed by atoms with E-state index in [0.29, 0.717) is 0 Å². The maximum Gasteiger partial charge on any atom is 0.167 e. The second-order valence-corrected chi connectivity index (χ2v) is 3.23. The molecule has 1 aromatic heterocycles. The number of thioether (sulfide) groups is 1. The molecule has 0 unspecified atom stereocenters. The predicted molar refractivity (Wildman–Crippen MR) is 48.9 cm³/mol. The van der Waals surface area contributed by atoms with Crippen LogP contribution in [-0.4, -0.2) is 15.8 Å². The van der Waals surface area contributed by atoms with Gasteiger partial charge in [0.15, 0.2) is 5.16 Å². The molecule has 0 saturated carbocycles. The molecule has 0 aliphatic heterocycles. The van der Waals surface area contributed by atoms with Gasteiger partial charge < -0.3 is 4.57 Å². The van der Waals surface area contributed by atoms with Crippen molar-refractivity contribution in [2.45, 2.75) is 31.5 Å². The lowest BCUT2D eigenvalue weighted by Crippen LogP contribution is -1.97. The van der Waals surface area contributed by atoms with E-state index in [1.54, 1.807) is 11.8 Å². The number of unbranched alkanes of at least 4 members (excludes halogenated alkanes) is 1. The van der Waals surface area contributed by atoms with Crippen molar-refractivity contribution >= 4 is 11.8 Å². The largest absolute Gasteiger partial charge is 0.326 e. The minimum Gasteiger partial charge on any atom is -0.326 e. The Hall–Kier alpha value is -0.440. The minimum atomic E-state index is 1.10. The van der Waals surface area contributed by atoms with E-state index < -0.39 is 0 Å². The molecule has 0 bridgehead atoms. The summed E-state index contributed by atoms with van der Waals surface area (Å²) in [7, 11) is 0. The molecule has 0 spiro atoms. The maximum absolute atomic E-state index is 4.21. The average Bonchev–Trinajstić information content (AvgIpc) is 2.47. The van der Waals surface area contributed by atoms with Crippen molar-refractivity contribution in [3.63, 3.8) is 0 Å². The molecule has 0 N–H and O–H groups in total. The molecular weight excluding hydrogens is 156 g/mol. The summed E-state index contributed by atoms with van der Waals surface area (Å²) in [6.45, 7) is 3.31. The van der Waals surface area contributed by atoms with E-state index in [2.05, 4.69) is 22.7 Å². The zero-order valence-corrected chi connectivity index (χ0v) is 7.90. The van der Waals surface area contributed by atoms with Gasteiger partial charge in [0.2, 0.25) is 0 Å². The number of rotatable bonds is 4.